The fraction of sp³-hybridized carbons (Fsp3) is 1.00. The first kappa shape index (κ1) is 10.4. The molecule has 3 heteroatoms. The van der Waals surface area contributed by atoms with Crippen LogP contribution in [-0.2, 0) is 4.74 Å². The molecular formula is C9H19NOS. The van der Waals surface area contributed by atoms with Crippen LogP contribution in [0.5, 0.6) is 0 Å². The molecule has 72 valence electrons. The maximum Gasteiger partial charge on any atom is 0.0631 e. The summed E-state index contributed by atoms with van der Waals surface area (Å²) in [6.45, 7) is 4.82. The van der Waals surface area contributed by atoms with Crippen LogP contribution in [0, 0.1) is 0 Å². The van der Waals surface area contributed by atoms with E-state index in [0.717, 1.165) is 6.61 Å². The van der Waals surface area contributed by atoms with Gasteiger partial charge in [0.05, 0.1) is 12.7 Å². The first-order valence-corrected chi connectivity index (χ1v) is 5.74. The SMILES string of the molecule is CC(C)OCC(N)C1CCCS1. The molecule has 0 aliphatic carbocycles. The minimum Gasteiger partial charge on any atom is -0.377 e. The fourth-order valence-electron chi connectivity index (χ4n) is 1.35. The van der Waals surface area contributed by atoms with Crippen molar-refractivity contribution in [3.05, 3.63) is 0 Å². The normalized spacial score (nSPS) is 26.5. The van der Waals surface area contributed by atoms with Crippen LogP contribution in [-0.4, -0.2) is 29.8 Å². The molecule has 12 heavy (non-hydrogen) atoms. The minimum absolute atomic E-state index is 0.236. The van der Waals surface area contributed by atoms with Gasteiger partial charge in [-0.3, -0.25) is 0 Å². The number of thioether (sulfide) groups is 1. The number of rotatable bonds is 4. The second kappa shape index (κ2) is 5.10. The Bertz CT molecular complexity index is 124. The zero-order valence-electron chi connectivity index (χ0n) is 7.95. The molecule has 1 aliphatic rings. The first-order chi connectivity index (χ1) is 5.70. The van der Waals surface area contributed by atoms with E-state index in [4.69, 9.17) is 10.5 Å². The summed E-state index contributed by atoms with van der Waals surface area (Å²) in [5, 5.41) is 0.642. The Kier molecular flexibility index (Phi) is 4.40. The Morgan fingerprint density at radius 1 is 1.58 bits per heavy atom. The predicted molar refractivity (Wildman–Crippen MR) is 54.5 cm³/mol. The lowest BCUT2D eigenvalue weighted by Gasteiger charge is -2.19. The van der Waals surface area contributed by atoms with Crippen molar-refractivity contribution in [2.45, 2.75) is 44.1 Å². The van der Waals surface area contributed by atoms with Gasteiger partial charge < -0.3 is 10.5 Å². The molecule has 0 radical (unpaired) electrons. The third kappa shape index (κ3) is 3.33. The lowest BCUT2D eigenvalue weighted by Crippen LogP contribution is -2.36. The molecule has 0 aromatic rings. The first-order valence-electron chi connectivity index (χ1n) is 4.69. The van der Waals surface area contributed by atoms with Crippen molar-refractivity contribution in [2.24, 2.45) is 5.73 Å². The summed E-state index contributed by atoms with van der Waals surface area (Å²) < 4.78 is 5.48. The van der Waals surface area contributed by atoms with Crippen molar-refractivity contribution in [1.29, 1.82) is 0 Å². The molecule has 0 saturated carbocycles. The highest BCUT2D eigenvalue weighted by molar-refractivity contribution is 8.00. The number of hydrogen-bond donors (Lipinski definition) is 1. The van der Waals surface area contributed by atoms with E-state index < -0.39 is 0 Å². The van der Waals surface area contributed by atoms with Crippen LogP contribution in [0.25, 0.3) is 0 Å². The standard InChI is InChI=1S/C9H19NOS/c1-7(2)11-6-8(10)9-4-3-5-12-9/h7-9H,3-6,10H2,1-2H3. The van der Waals surface area contributed by atoms with Gasteiger partial charge in [-0.25, -0.2) is 0 Å². The molecule has 2 nitrogen and oxygen atoms in total. The number of ether oxygens (including phenoxy) is 1. The zero-order chi connectivity index (χ0) is 8.97. The Labute approximate surface area is 79.2 Å². The third-order valence-electron chi connectivity index (χ3n) is 2.06. The molecule has 2 N–H and O–H groups in total. The van der Waals surface area contributed by atoms with E-state index >= 15 is 0 Å². The van der Waals surface area contributed by atoms with Crippen LogP contribution in [0.1, 0.15) is 26.7 Å². The van der Waals surface area contributed by atoms with Crippen LogP contribution in [0.2, 0.25) is 0 Å². The van der Waals surface area contributed by atoms with Crippen LogP contribution < -0.4 is 5.73 Å². The molecular weight excluding hydrogens is 170 g/mol. The molecule has 2 atom stereocenters. The summed E-state index contributed by atoms with van der Waals surface area (Å²) in [5.41, 5.74) is 5.98. The summed E-state index contributed by atoms with van der Waals surface area (Å²) in [6, 6.07) is 0.236. The maximum atomic E-state index is 5.98. The van der Waals surface area contributed by atoms with E-state index in [2.05, 4.69) is 13.8 Å². The van der Waals surface area contributed by atoms with Crippen LogP contribution in [0.3, 0.4) is 0 Å². The second-order valence-electron chi connectivity index (χ2n) is 3.60. The van der Waals surface area contributed by atoms with Crippen molar-refractivity contribution < 1.29 is 4.74 Å². The molecule has 0 amide bonds. The quantitative estimate of drug-likeness (QED) is 0.730. The minimum atomic E-state index is 0.236. The van der Waals surface area contributed by atoms with Crippen LogP contribution in [0.15, 0.2) is 0 Å². The van der Waals surface area contributed by atoms with Crippen molar-refractivity contribution in [1.82, 2.24) is 0 Å². The summed E-state index contributed by atoms with van der Waals surface area (Å²) in [5.74, 6) is 1.28. The van der Waals surface area contributed by atoms with Gasteiger partial charge in [0.15, 0.2) is 0 Å². The number of hydrogen-bond acceptors (Lipinski definition) is 3. The fourth-order valence-corrected chi connectivity index (χ4v) is 2.65. The van der Waals surface area contributed by atoms with Gasteiger partial charge in [0.25, 0.3) is 0 Å². The van der Waals surface area contributed by atoms with Gasteiger partial charge in [-0.2, -0.15) is 11.8 Å². The molecule has 1 heterocycles. The van der Waals surface area contributed by atoms with Gasteiger partial charge in [-0.15, -0.1) is 0 Å². The molecule has 0 aromatic heterocycles. The van der Waals surface area contributed by atoms with E-state index in [-0.39, 0.29) is 6.04 Å². The highest BCUT2D eigenvalue weighted by Gasteiger charge is 2.22. The van der Waals surface area contributed by atoms with Crippen LogP contribution in [0.4, 0.5) is 0 Å². The molecule has 1 rings (SSSR count). The Morgan fingerprint density at radius 2 is 2.33 bits per heavy atom. The van der Waals surface area contributed by atoms with Gasteiger partial charge >= 0.3 is 0 Å². The summed E-state index contributed by atoms with van der Waals surface area (Å²) >= 11 is 2.00. The summed E-state index contributed by atoms with van der Waals surface area (Å²) in [7, 11) is 0. The van der Waals surface area contributed by atoms with Crippen molar-refractivity contribution in [2.75, 3.05) is 12.4 Å². The Hall–Kier alpha value is 0.270. The Morgan fingerprint density at radius 3 is 2.83 bits per heavy atom. The third-order valence-corrected chi connectivity index (χ3v) is 3.60. The second-order valence-corrected chi connectivity index (χ2v) is 4.94. The monoisotopic (exact) mass is 189 g/mol. The lowest BCUT2D eigenvalue weighted by molar-refractivity contribution is 0.0679. The maximum absolute atomic E-state index is 5.98. The van der Waals surface area contributed by atoms with E-state index in [1.165, 1.54) is 18.6 Å². The van der Waals surface area contributed by atoms with E-state index in [1.54, 1.807) is 0 Å². The molecule has 1 aliphatic heterocycles. The van der Waals surface area contributed by atoms with Crippen molar-refractivity contribution >= 4 is 11.8 Å². The van der Waals surface area contributed by atoms with E-state index in [9.17, 15) is 0 Å². The van der Waals surface area contributed by atoms with E-state index in [0.29, 0.717) is 11.4 Å². The summed E-state index contributed by atoms with van der Waals surface area (Å²) in [6.07, 6.45) is 2.90. The van der Waals surface area contributed by atoms with Crippen molar-refractivity contribution in [3.8, 4) is 0 Å². The smallest absolute Gasteiger partial charge is 0.0631 e. The molecule has 0 spiro atoms. The number of nitrogens with two attached hydrogens (primary N) is 1. The molecule has 0 aromatic carbocycles. The highest BCUT2D eigenvalue weighted by atomic mass is 32.2. The van der Waals surface area contributed by atoms with Gasteiger partial charge in [0.2, 0.25) is 0 Å². The molecule has 2 unspecified atom stereocenters. The molecule has 0 bridgehead atoms. The van der Waals surface area contributed by atoms with Gasteiger partial charge in [0.1, 0.15) is 0 Å². The Balaban J connectivity index is 2.13. The van der Waals surface area contributed by atoms with Gasteiger partial charge in [-0.1, -0.05) is 0 Å². The lowest BCUT2D eigenvalue weighted by atomic mass is 10.1. The average molecular weight is 189 g/mol. The predicted octanol–water partition coefficient (Wildman–Crippen LogP) is 1.63. The van der Waals surface area contributed by atoms with Gasteiger partial charge in [-0.05, 0) is 32.4 Å². The highest BCUT2D eigenvalue weighted by Crippen LogP contribution is 2.28. The van der Waals surface area contributed by atoms with E-state index in [1.807, 2.05) is 11.8 Å². The largest absolute Gasteiger partial charge is 0.377 e. The van der Waals surface area contributed by atoms with Crippen LogP contribution >= 0.6 is 11.8 Å². The summed E-state index contributed by atoms with van der Waals surface area (Å²) in [4.78, 5) is 0. The van der Waals surface area contributed by atoms with Gasteiger partial charge in [0, 0.05) is 11.3 Å². The van der Waals surface area contributed by atoms with Crippen molar-refractivity contribution in [3.63, 3.8) is 0 Å². The average Bonchev–Trinajstić information content (AvgIpc) is 2.51. The topological polar surface area (TPSA) is 35.2 Å². The molecule has 1 saturated heterocycles. The zero-order valence-corrected chi connectivity index (χ0v) is 8.77. The molecule has 1 fully saturated rings.